The molecule has 0 saturated carbocycles. The largest absolute Gasteiger partial charge is 0.332 e. The molecule has 1 atom stereocenters. The molecule has 1 amide bonds. The molecule has 1 aromatic carbocycles. The minimum atomic E-state index is -0.314. The van der Waals surface area contributed by atoms with Crippen molar-refractivity contribution in [1.82, 2.24) is 14.7 Å². The molecule has 3 rings (SSSR count). The van der Waals surface area contributed by atoms with Crippen LogP contribution in [0.25, 0.3) is 5.69 Å². The fraction of sp³-hybridized carbons (Fsp3) is 0.333. The van der Waals surface area contributed by atoms with Crippen LogP contribution >= 0.6 is 0 Å². The summed E-state index contributed by atoms with van der Waals surface area (Å²) in [6, 6.07) is 6.29. The highest BCUT2D eigenvalue weighted by molar-refractivity contribution is 5.94. The molecule has 0 radical (unpaired) electrons. The van der Waals surface area contributed by atoms with Gasteiger partial charge < -0.3 is 4.90 Å². The van der Waals surface area contributed by atoms with E-state index in [1.165, 1.54) is 12.1 Å². The molecular formula is C18H20FN3O. The van der Waals surface area contributed by atoms with Crippen LogP contribution in [0, 0.1) is 5.82 Å². The summed E-state index contributed by atoms with van der Waals surface area (Å²) in [4.78, 5) is 14.5. The second kappa shape index (κ2) is 6.36. The normalized spacial score (nSPS) is 18.5. The fourth-order valence-electron chi connectivity index (χ4n) is 3.12. The summed E-state index contributed by atoms with van der Waals surface area (Å²) in [5.74, 6) is -0.243. The van der Waals surface area contributed by atoms with Gasteiger partial charge in [-0.25, -0.2) is 9.07 Å². The van der Waals surface area contributed by atoms with Crippen molar-refractivity contribution < 1.29 is 9.18 Å². The third-order valence-corrected chi connectivity index (χ3v) is 4.39. The van der Waals surface area contributed by atoms with Gasteiger partial charge in [0.2, 0.25) is 5.91 Å². The monoisotopic (exact) mass is 313 g/mol. The first-order valence-electron chi connectivity index (χ1n) is 7.87. The lowest BCUT2D eigenvalue weighted by Crippen LogP contribution is -2.39. The van der Waals surface area contributed by atoms with Gasteiger partial charge in [-0.3, -0.25) is 4.79 Å². The molecule has 0 N–H and O–H groups in total. The van der Waals surface area contributed by atoms with Gasteiger partial charge in [0.25, 0.3) is 0 Å². The Bertz CT molecular complexity index is 737. The van der Waals surface area contributed by atoms with Gasteiger partial charge in [-0.15, -0.1) is 0 Å². The number of carbonyl (C=O) groups is 1. The van der Waals surface area contributed by atoms with Crippen LogP contribution in [-0.2, 0) is 4.79 Å². The molecule has 4 nitrogen and oxygen atoms in total. The summed E-state index contributed by atoms with van der Waals surface area (Å²) >= 11 is 0. The van der Waals surface area contributed by atoms with E-state index in [4.69, 9.17) is 0 Å². The Morgan fingerprint density at radius 2 is 2.22 bits per heavy atom. The summed E-state index contributed by atoms with van der Waals surface area (Å²) in [5.41, 5.74) is 2.41. The number of benzene rings is 1. The van der Waals surface area contributed by atoms with E-state index < -0.39 is 0 Å². The van der Waals surface area contributed by atoms with E-state index in [2.05, 4.69) is 5.10 Å². The third-order valence-electron chi connectivity index (χ3n) is 4.39. The summed E-state index contributed by atoms with van der Waals surface area (Å²) in [6.07, 6.45) is 7.10. The van der Waals surface area contributed by atoms with Crippen LogP contribution in [0.1, 0.15) is 38.3 Å². The zero-order valence-electron chi connectivity index (χ0n) is 13.4. The molecule has 0 unspecified atom stereocenters. The van der Waals surface area contributed by atoms with Crippen molar-refractivity contribution in [2.75, 3.05) is 6.54 Å². The van der Waals surface area contributed by atoms with Gasteiger partial charge in [0.05, 0.1) is 11.7 Å². The number of halogens is 1. The maximum Gasteiger partial charge on any atom is 0.249 e. The first-order chi connectivity index (χ1) is 11.1. The lowest BCUT2D eigenvalue weighted by Gasteiger charge is -2.34. The predicted molar refractivity (Wildman–Crippen MR) is 86.6 cm³/mol. The number of hydrogen-bond donors (Lipinski definition) is 0. The van der Waals surface area contributed by atoms with Gasteiger partial charge in [0.1, 0.15) is 5.82 Å². The predicted octanol–water partition coefficient (Wildman–Crippen LogP) is 3.64. The molecule has 2 aromatic rings. The van der Waals surface area contributed by atoms with Crippen LogP contribution in [0.4, 0.5) is 4.39 Å². The van der Waals surface area contributed by atoms with Crippen LogP contribution < -0.4 is 0 Å². The average Bonchev–Trinajstić information content (AvgIpc) is 3.09. The van der Waals surface area contributed by atoms with Crippen LogP contribution in [0.15, 0.2) is 48.3 Å². The van der Waals surface area contributed by atoms with Crippen molar-refractivity contribution in [2.45, 2.75) is 32.7 Å². The van der Waals surface area contributed by atoms with E-state index in [1.807, 2.05) is 24.8 Å². The molecule has 1 aliphatic heterocycles. The highest BCUT2D eigenvalue weighted by Crippen LogP contribution is 2.31. The maximum absolute atomic E-state index is 13.7. The first-order valence-corrected chi connectivity index (χ1v) is 7.87. The standard InChI is InChI=1S/C18H20FN3O/c1-3-14-6-4-10-21(18(14)23)13(2)16-8-7-15(19)12-17(16)22-11-5-9-20-22/h3,5,7-9,11-13H,4,6,10H2,1-2H3/b14-3+/t13-/m1/s1. The summed E-state index contributed by atoms with van der Waals surface area (Å²) in [7, 11) is 0. The highest BCUT2D eigenvalue weighted by atomic mass is 19.1. The Kier molecular flexibility index (Phi) is 4.28. The smallest absolute Gasteiger partial charge is 0.249 e. The van der Waals surface area contributed by atoms with Gasteiger partial charge in [0, 0.05) is 30.1 Å². The minimum Gasteiger partial charge on any atom is -0.332 e. The minimum absolute atomic E-state index is 0.0713. The number of amides is 1. The zero-order chi connectivity index (χ0) is 16.4. The third kappa shape index (κ3) is 2.91. The molecule has 23 heavy (non-hydrogen) atoms. The quantitative estimate of drug-likeness (QED) is 0.811. The molecule has 0 spiro atoms. The van der Waals surface area contributed by atoms with E-state index in [1.54, 1.807) is 29.2 Å². The lowest BCUT2D eigenvalue weighted by molar-refractivity contribution is -0.130. The number of allylic oxidation sites excluding steroid dienone is 1. The second-order valence-corrected chi connectivity index (χ2v) is 5.75. The van der Waals surface area contributed by atoms with Crippen molar-refractivity contribution in [3.8, 4) is 5.69 Å². The molecule has 0 aliphatic carbocycles. The first kappa shape index (κ1) is 15.5. The highest BCUT2D eigenvalue weighted by Gasteiger charge is 2.28. The number of likely N-dealkylation sites (tertiary alicyclic amines) is 1. The van der Waals surface area contributed by atoms with Crippen LogP contribution in [-0.4, -0.2) is 27.1 Å². The number of aromatic nitrogens is 2. The molecule has 1 aromatic heterocycles. The summed E-state index contributed by atoms with van der Waals surface area (Å²) in [6.45, 7) is 4.60. The van der Waals surface area contributed by atoms with Crippen molar-refractivity contribution >= 4 is 5.91 Å². The molecular weight excluding hydrogens is 293 g/mol. The molecule has 1 aliphatic rings. The van der Waals surface area contributed by atoms with Crippen molar-refractivity contribution in [2.24, 2.45) is 0 Å². The number of rotatable bonds is 3. The number of piperidine rings is 1. The number of hydrogen-bond acceptors (Lipinski definition) is 2. The average molecular weight is 313 g/mol. The zero-order valence-corrected chi connectivity index (χ0v) is 13.4. The summed E-state index contributed by atoms with van der Waals surface area (Å²) < 4.78 is 15.3. The van der Waals surface area contributed by atoms with Gasteiger partial charge >= 0.3 is 0 Å². The van der Waals surface area contributed by atoms with Crippen molar-refractivity contribution in [3.05, 3.63) is 59.7 Å². The van der Waals surface area contributed by atoms with Crippen LogP contribution in [0.2, 0.25) is 0 Å². The maximum atomic E-state index is 13.7. The summed E-state index contributed by atoms with van der Waals surface area (Å²) in [5, 5.41) is 4.20. The van der Waals surface area contributed by atoms with Gasteiger partial charge in [-0.2, -0.15) is 5.10 Å². The number of nitrogens with zero attached hydrogens (tertiary/aromatic N) is 3. The Morgan fingerprint density at radius 3 is 2.91 bits per heavy atom. The van der Waals surface area contributed by atoms with Crippen molar-refractivity contribution in [3.63, 3.8) is 0 Å². The van der Waals surface area contributed by atoms with E-state index >= 15 is 0 Å². The molecule has 2 heterocycles. The van der Waals surface area contributed by atoms with Crippen molar-refractivity contribution in [1.29, 1.82) is 0 Å². The molecule has 1 fully saturated rings. The van der Waals surface area contributed by atoms with E-state index in [0.717, 1.165) is 24.0 Å². The molecule has 1 saturated heterocycles. The van der Waals surface area contributed by atoms with Gasteiger partial charge in [0.15, 0.2) is 0 Å². The molecule has 5 heteroatoms. The Morgan fingerprint density at radius 1 is 1.39 bits per heavy atom. The van der Waals surface area contributed by atoms with E-state index in [0.29, 0.717) is 12.2 Å². The Labute approximate surface area is 135 Å². The number of carbonyl (C=O) groups excluding carboxylic acids is 1. The topological polar surface area (TPSA) is 38.1 Å². The lowest BCUT2D eigenvalue weighted by atomic mass is 9.98. The Hall–Kier alpha value is -2.43. The van der Waals surface area contributed by atoms with E-state index in [9.17, 15) is 9.18 Å². The second-order valence-electron chi connectivity index (χ2n) is 5.75. The molecule has 0 bridgehead atoms. The van der Waals surface area contributed by atoms with E-state index in [-0.39, 0.29) is 17.8 Å². The van der Waals surface area contributed by atoms with Gasteiger partial charge in [-0.05, 0) is 44.9 Å². The molecule has 120 valence electrons. The van der Waals surface area contributed by atoms with Gasteiger partial charge in [-0.1, -0.05) is 12.1 Å². The van der Waals surface area contributed by atoms with Crippen LogP contribution in [0.3, 0.4) is 0 Å². The fourth-order valence-corrected chi connectivity index (χ4v) is 3.12. The Balaban J connectivity index is 2.00. The SMILES string of the molecule is C/C=C1\CCCN([C@H](C)c2ccc(F)cc2-n2cccn2)C1=O. The van der Waals surface area contributed by atoms with Crippen LogP contribution in [0.5, 0.6) is 0 Å².